The predicted octanol–water partition coefficient (Wildman–Crippen LogP) is 3.44. The summed E-state index contributed by atoms with van der Waals surface area (Å²) in [5, 5.41) is 5.22. The summed E-state index contributed by atoms with van der Waals surface area (Å²) in [5.74, 6) is -0.171. The summed E-state index contributed by atoms with van der Waals surface area (Å²) in [6.45, 7) is 2.29. The molecule has 1 atom stereocenters. The van der Waals surface area contributed by atoms with E-state index in [1.807, 2.05) is 24.3 Å². The third kappa shape index (κ3) is 5.00. The van der Waals surface area contributed by atoms with Gasteiger partial charge >= 0.3 is 12.0 Å². The number of benzene rings is 2. The molecule has 0 saturated carbocycles. The van der Waals surface area contributed by atoms with Crippen LogP contribution in [0, 0.1) is 11.7 Å². The first kappa shape index (κ1) is 22.9. The van der Waals surface area contributed by atoms with E-state index in [-0.39, 0.29) is 24.1 Å². The molecule has 2 fully saturated rings. The van der Waals surface area contributed by atoms with Crippen LogP contribution in [0.25, 0.3) is 0 Å². The van der Waals surface area contributed by atoms with Gasteiger partial charge in [0.25, 0.3) is 5.91 Å². The minimum absolute atomic E-state index is 0.0912. The zero-order chi connectivity index (χ0) is 24.3. The van der Waals surface area contributed by atoms with E-state index >= 15 is 0 Å². The Balaban J connectivity index is 1.22. The maximum absolute atomic E-state index is 14.4. The number of hydrogen-bond donors (Lipinski definition) is 2. The van der Waals surface area contributed by atoms with E-state index in [0.29, 0.717) is 30.2 Å². The highest BCUT2D eigenvalue weighted by Gasteiger charge is 2.52. The van der Waals surface area contributed by atoms with Crippen molar-refractivity contribution >= 4 is 11.9 Å². The van der Waals surface area contributed by atoms with Gasteiger partial charge in [-0.25, -0.2) is 19.2 Å². The highest BCUT2D eigenvalue weighted by atomic mass is 19.1. The molecule has 35 heavy (non-hydrogen) atoms. The van der Waals surface area contributed by atoms with Crippen LogP contribution in [0.4, 0.5) is 9.18 Å². The van der Waals surface area contributed by atoms with Crippen molar-refractivity contribution in [3.63, 3.8) is 0 Å². The predicted molar refractivity (Wildman–Crippen MR) is 126 cm³/mol. The molecule has 2 aliphatic rings. The third-order valence-electron chi connectivity index (χ3n) is 6.76. The molecule has 0 radical (unpaired) electrons. The number of urea groups is 1. The van der Waals surface area contributed by atoms with Gasteiger partial charge in [-0.15, -0.1) is 0 Å². The smallest absolute Gasteiger partial charge is 0.322 e. The van der Waals surface area contributed by atoms with Crippen molar-refractivity contribution in [2.75, 3.05) is 13.1 Å². The molecular weight excluding hydrogens is 449 g/mol. The van der Waals surface area contributed by atoms with Crippen LogP contribution in [-0.2, 0) is 17.8 Å². The van der Waals surface area contributed by atoms with Crippen molar-refractivity contribution in [1.82, 2.24) is 25.5 Å². The Bertz CT molecular complexity index is 1200. The Kier molecular flexibility index (Phi) is 6.41. The molecule has 2 aliphatic heterocycles. The molecule has 2 N–H and O–H groups in total. The number of rotatable bonds is 7. The quantitative estimate of drug-likeness (QED) is 0.508. The Morgan fingerprint density at radius 2 is 1.71 bits per heavy atom. The molecule has 180 valence electrons. The standard InChI is InChI=1S/C26H26FN5O3/c27-22-5-2-1-4-19(22)16-26(23(33)30-24(34)31-26)20-10-14-32(15-11-20)17-18-6-8-21(9-7-18)35-25-28-12-3-13-29-25/h1-9,12-13,20H,10-11,14-17H2,(H2,30,31,33,34). The number of imide groups is 1. The van der Waals surface area contributed by atoms with Gasteiger partial charge in [-0.1, -0.05) is 30.3 Å². The Labute approximate surface area is 202 Å². The SMILES string of the molecule is O=C1NC(=O)C(Cc2ccccc2F)(C2CCN(Cc3ccc(Oc4ncccn4)cc3)CC2)N1. The Morgan fingerprint density at radius 1 is 1.00 bits per heavy atom. The molecule has 5 rings (SSSR count). The maximum atomic E-state index is 14.4. The van der Waals surface area contributed by atoms with Crippen LogP contribution in [0.5, 0.6) is 11.8 Å². The molecule has 2 aromatic carbocycles. The van der Waals surface area contributed by atoms with Crippen LogP contribution >= 0.6 is 0 Å². The van der Waals surface area contributed by atoms with Gasteiger partial charge in [-0.3, -0.25) is 15.0 Å². The second-order valence-corrected chi connectivity index (χ2v) is 8.98. The Morgan fingerprint density at radius 3 is 2.37 bits per heavy atom. The summed E-state index contributed by atoms with van der Waals surface area (Å²) in [6, 6.07) is 15.7. The number of piperidine rings is 1. The molecule has 8 nitrogen and oxygen atoms in total. The zero-order valence-corrected chi connectivity index (χ0v) is 19.1. The van der Waals surface area contributed by atoms with Crippen LogP contribution < -0.4 is 15.4 Å². The van der Waals surface area contributed by atoms with Crippen molar-refractivity contribution in [1.29, 1.82) is 0 Å². The van der Waals surface area contributed by atoms with E-state index in [9.17, 15) is 14.0 Å². The lowest BCUT2D eigenvalue weighted by atomic mass is 9.74. The summed E-state index contributed by atoms with van der Waals surface area (Å²) in [6.07, 6.45) is 4.82. The summed E-state index contributed by atoms with van der Waals surface area (Å²) < 4.78 is 20.0. The number of aromatic nitrogens is 2. The minimum Gasteiger partial charge on any atom is -0.424 e. The van der Waals surface area contributed by atoms with E-state index in [1.165, 1.54) is 6.07 Å². The second kappa shape index (κ2) is 9.79. The van der Waals surface area contributed by atoms with E-state index in [0.717, 1.165) is 25.2 Å². The number of amides is 3. The fourth-order valence-electron chi connectivity index (χ4n) is 4.95. The van der Waals surface area contributed by atoms with E-state index in [2.05, 4.69) is 25.5 Å². The molecule has 1 aromatic heterocycles. The van der Waals surface area contributed by atoms with Gasteiger partial charge in [-0.05, 0) is 67.2 Å². The number of carbonyl (C=O) groups excluding carboxylic acids is 2. The number of nitrogens with one attached hydrogen (secondary N) is 2. The molecule has 3 heterocycles. The molecular formula is C26H26FN5O3. The van der Waals surface area contributed by atoms with Crippen molar-refractivity contribution in [3.05, 3.63) is 83.9 Å². The van der Waals surface area contributed by atoms with E-state index < -0.39 is 11.6 Å². The fraction of sp³-hybridized carbons (Fsp3) is 0.308. The summed E-state index contributed by atoms with van der Waals surface area (Å²) in [4.78, 5) is 35.4. The van der Waals surface area contributed by atoms with Crippen molar-refractivity contribution in [3.8, 4) is 11.8 Å². The van der Waals surface area contributed by atoms with Crippen LogP contribution in [0.15, 0.2) is 67.0 Å². The largest absolute Gasteiger partial charge is 0.424 e. The summed E-state index contributed by atoms with van der Waals surface area (Å²) in [5.41, 5.74) is 0.428. The lowest BCUT2D eigenvalue weighted by Gasteiger charge is -2.40. The second-order valence-electron chi connectivity index (χ2n) is 8.98. The van der Waals surface area contributed by atoms with E-state index in [1.54, 1.807) is 36.7 Å². The Hall–Kier alpha value is -3.85. The molecule has 3 amide bonds. The van der Waals surface area contributed by atoms with Gasteiger partial charge in [0, 0.05) is 25.4 Å². The monoisotopic (exact) mass is 475 g/mol. The first-order valence-corrected chi connectivity index (χ1v) is 11.6. The highest BCUT2D eigenvalue weighted by Crippen LogP contribution is 2.35. The number of nitrogens with zero attached hydrogens (tertiary/aromatic N) is 3. The summed E-state index contributed by atoms with van der Waals surface area (Å²) in [7, 11) is 0. The number of hydrogen-bond acceptors (Lipinski definition) is 6. The first-order chi connectivity index (χ1) is 17.0. The highest BCUT2D eigenvalue weighted by molar-refractivity contribution is 6.07. The molecule has 0 spiro atoms. The van der Waals surface area contributed by atoms with Gasteiger partial charge in [0.1, 0.15) is 17.1 Å². The van der Waals surface area contributed by atoms with Gasteiger partial charge in [-0.2, -0.15) is 0 Å². The number of halogens is 1. The van der Waals surface area contributed by atoms with E-state index in [4.69, 9.17) is 4.74 Å². The van der Waals surface area contributed by atoms with Gasteiger partial charge in [0.05, 0.1) is 0 Å². The number of likely N-dealkylation sites (tertiary alicyclic amines) is 1. The summed E-state index contributed by atoms with van der Waals surface area (Å²) >= 11 is 0. The lowest BCUT2D eigenvalue weighted by molar-refractivity contribution is -0.126. The topological polar surface area (TPSA) is 96.5 Å². The van der Waals surface area contributed by atoms with Crippen LogP contribution in [0.2, 0.25) is 0 Å². The number of carbonyl (C=O) groups is 2. The van der Waals surface area contributed by atoms with Gasteiger partial charge in [0.15, 0.2) is 0 Å². The molecule has 1 unspecified atom stereocenters. The number of ether oxygens (including phenoxy) is 1. The van der Waals surface area contributed by atoms with Crippen molar-refractivity contribution in [2.45, 2.75) is 31.3 Å². The van der Waals surface area contributed by atoms with Crippen LogP contribution in [0.3, 0.4) is 0 Å². The van der Waals surface area contributed by atoms with Gasteiger partial charge < -0.3 is 10.1 Å². The fourth-order valence-corrected chi connectivity index (χ4v) is 4.95. The normalized spacial score (nSPS) is 20.9. The average Bonchev–Trinajstić information content (AvgIpc) is 3.16. The third-order valence-corrected chi connectivity index (χ3v) is 6.76. The maximum Gasteiger partial charge on any atom is 0.322 e. The van der Waals surface area contributed by atoms with Gasteiger partial charge in [0.2, 0.25) is 0 Å². The molecule has 2 saturated heterocycles. The van der Waals surface area contributed by atoms with Crippen molar-refractivity contribution in [2.24, 2.45) is 5.92 Å². The van der Waals surface area contributed by atoms with Crippen LogP contribution in [-0.4, -0.2) is 45.4 Å². The molecule has 0 bridgehead atoms. The molecule has 0 aliphatic carbocycles. The zero-order valence-electron chi connectivity index (χ0n) is 19.1. The van der Waals surface area contributed by atoms with Crippen LogP contribution in [0.1, 0.15) is 24.0 Å². The lowest BCUT2D eigenvalue weighted by Crippen LogP contribution is -2.57. The molecule has 9 heteroatoms. The first-order valence-electron chi connectivity index (χ1n) is 11.6. The van der Waals surface area contributed by atoms with Crippen molar-refractivity contribution < 1.29 is 18.7 Å². The average molecular weight is 476 g/mol. The minimum atomic E-state index is -1.14. The molecule has 3 aromatic rings.